The van der Waals surface area contributed by atoms with Crippen LogP contribution in [0.3, 0.4) is 0 Å². The third-order valence-corrected chi connectivity index (χ3v) is 1.84. The van der Waals surface area contributed by atoms with Crippen LogP contribution in [0.1, 0.15) is 4.88 Å². The first-order chi connectivity index (χ1) is 4.68. The Hall–Kier alpha value is -1.03. The summed E-state index contributed by atoms with van der Waals surface area (Å²) in [5.41, 5.74) is 0.648. The van der Waals surface area contributed by atoms with E-state index < -0.39 is 6.09 Å². The first-order valence-corrected chi connectivity index (χ1v) is 3.61. The van der Waals surface area contributed by atoms with E-state index in [4.69, 9.17) is 5.11 Å². The molecule has 0 aliphatic carbocycles. The summed E-state index contributed by atoms with van der Waals surface area (Å²) in [6.07, 6.45) is -1.02. The lowest BCUT2D eigenvalue weighted by molar-refractivity contribution is 0.210. The summed E-state index contributed by atoms with van der Waals surface area (Å²) in [5, 5.41) is 12.3. The average Bonchev–Trinajstić information content (AvgIpc) is 2.13. The standard InChI is InChI=1S/C6H7NO2S/c1-4-2-5(3-10-4)7-6(8)9/h2-3,7H,1H3,(H,8,9). The van der Waals surface area contributed by atoms with Gasteiger partial charge in [0.1, 0.15) is 0 Å². The minimum Gasteiger partial charge on any atom is -0.465 e. The molecule has 0 radical (unpaired) electrons. The lowest BCUT2D eigenvalue weighted by Gasteiger charge is -1.91. The van der Waals surface area contributed by atoms with Gasteiger partial charge < -0.3 is 5.11 Å². The summed E-state index contributed by atoms with van der Waals surface area (Å²) in [6.45, 7) is 1.93. The molecule has 0 aliphatic rings. The predicted octanol–water partition coefficient (Wildman–Crippen LogP) is 2.15. The van der Waals surface area contributed by atoms with Crippen LogP contribution in [-0.4, -0.2) is 11.2 Å². The zero-order valence-electron chi connectivity index (χ0n) is 5.42. The molecule has 0 atom stereocenters. The first-order valence-electron chi connectivity index (χ1n) is 2.73. The maximum absolute atomic E-state index is 10.1. The molecule has 3 nitrogen and oxygen atoms in total. The fourth-order valence-corrected chi connectivity index (χ4v) is 1.27. The quantitative estimate of drug-likeness (QED) is 0.656. The van der Waals surface area contributed by atoms with Crippen LogP contribution in [0.5, 0.6) is 0 Å². The third-order valence-electron chi connectivity index (χ3n) is 0.982. The lowest BCUT2D eigenvalue weighted by atomic mass is 10.4. The van der Waals surface area contributed by atoms with Gasteiger partial charge in [-0.3, -0.25) is 5.32 Å². The number of thiophene rings is 1. The molecule has 0 unspecified atom stereocenters. The second-order valence-corrected chi connectivity index (χ2v) is 2.99. The van der Waals surface area contributed by atoms with Gasteiger partial charge in [0.25, 0.3) is 0 Å². The minimum atomic E-state index is -1.02. The van der Waals surface area contributed by atoms with Crippen LogP contribution in [0.2, 0.25) is 0 Å². The van der Waals surface area contributed by atoms with E-state index in [9.17, 15) is 4.79 Å². The number of hydrogen-bond donors (Lipinski definition) is 2. The molecule has 1 amide bonds. The van der Waals surface area contributed by atoms with Gasteiger partial charge in [0, 0.05) is 10.3 Å². The summed E-state index contributed by atoms with van der Waals surface area (Å²) < 4.78 is 0. The molecule has 1 heterocycles. The average molecular weight is 157 g/mol. The van der Waals surface area contributed by atoms with E-state index >= 15 is 0 Å². The van der Waals surface area contributed by atoms with E-state index in [1.54, 1.807) is 11.4 Å². The van der Waals surface area contributed by atoms with Gasteiger partial charge in [0.05, 0.1) is 5.69 Å². The second-order valence-electron chi connectivity index (χ2n) is 1.88. The van der Waals surface area contributed by atoms with Gasteiger partial charge in [-0.2, -0.15) is 0 Å². The number of rotatable bonds is 1. The Bertz CT molecular complexity index is 244. The molecule has 2 N–H and O–H groups in total. The van der Waals surface area contributed by atoms with Gasteiger partial charge in [0.2, 0.25) is 0 Å². The molecule has 1 aromatic heterocycles. The summed E-state index contributed by atoms with van der Waals surface area (Å²) in [5.74, 6) is 0. The maximum Gasteiger partial charge on any atom is 0.409 e. The van der Waals surface area contributed by atoms with Crippen molar-refractivity contribution in [2.45, 2.75) is 6.92 Å². The fourth-order valence-electron chi connectivity index (χ4n) is 0.632. The van der Waals surface area contributed by atoms with Crippen molar-refractivity contribution in [2.75, 3.05) is 5.32 Å². The molecule has 0 fully saturated rings. The molecule has 54 valence electrons. The maximum atomic E-state index is 10.1. The summed E-state index contributed by atoms with van der Waals surface area (Å²) in [6, 6.07) is 1.79. The predicted molar refractivity (Wildman–Crippen MR) is 40.7 cm³/mol. The normalized spacial score (nSPS) is 9.30. The molecule has 0 bridgehead atoms. The van der Waals surface area contributed by atoms with Gasteiger partial charge in [0.15, 0.2) is 0 Å². The highest BCUT2D eigenvalue weighted by Crippen LogP contribution is 2.17. The Morgan fingerprint density at radius 2 is 2.50 bits per heavy atom. The van der Waals surface area contributed by atoms with Crippen molar-refractivity contribution in [3.8, 4) is 0 Å². The van der Waals surface area contributed by atoms with Crippen LogP contribution in [-0.2, 0) is 0 Å². The number of anilines is 1. The molecule has 0 saturated heterocycles. The molecule has 10 heavy (non-hydrogen) atoms. The van der Waals surface area contributed by atoms with Gasteiger partial charge in [-0.05, 0) is 13.0 Å². The molecular formula is C6H7NO2S. The summed E-state index contributed by atoms with van der Waals surface area (Å²) in [7, 11) is 0. The molecule has 1 rings (SSSR count). The largest absolute Gasteiger partial charge is 0.465 e. The van der Waals surface area contributed by atoms with E-state index in [2.05, 4.69) is 5.32 Å². The van der Waals surface area contributed by atoms with Crippen molar-refractivity contribution in [1.82, 2.24) is 0 Å². The topological polar surface area (TPSA) is 49.3 Å². The zero-order chi connectivity index (χ0) is 7.56. The monoisotopic (exact) mass is 157 g/mol. The second kappa shape index (κ2) is 2.70. The first kappa shape index (κ1) is 7.08. The molecule has 0 spiro atoms. The van der Waals surface area contributed by atoms with Gasteiger partial charge in [-0.25, -0.2) is 4.79 Å². The van der Waals surface area contributed by atoms with Crippen LogP contribution in [0.25, 0.3) is 0 Å². The molecule has 0 aromatic carbocycles. The van der Waals surface area contributed by atoms with Crippen molar-refractivity contribution in [3.63, 3.8) is 0 Å². The molecule has 1 aromatic rings. The van der Waals surface area contributed by atoms with Crippen LogP contribution in [0, 0.1) is 6.92 Å². The lowest BCUT2D eigenvalue weighted by Crippen LogP contribution is -2.05. The highest BCUT2D eigenvalue weighted by atomic mass is 32.1. The molecule has 0 aliphatic heterocycles. The highest BCUT2D eigenvalue weighted by Gasteiger charge is 1.97. The number of aryl methyl sites for hydroxylation is 1. The van der Waals surface area contributed by atoms with Crippen molar-refractivity contribution in [2.24, 2.45) is 0 Å². The Labute approximate surface area is 62.3 Å². The number of hydrogen-bond acceptors (Lipinski definition) is 2. The number of nitrogens with one attached hydrogen (secondary N) is 1. The molecule has 0 saturated carbocycles. The van der Waals surface area contributed by atoms with Crippen molar-refractivity contribution >= 4 is 23.1 Å². The van der Waals surface area contributed by atoms with E-state index in [1.807, 2.05) is 6.92 Å². The highest BCUT2D eigenvalue weighted by molar-refractivity contribution is 7.10. The number of amides is 1. The smallest absolute Gasteiger partial charge is 0.409 e. The Morgan fingerprint density at radius 3 is 2.90 bits per heavy atom. The van der Waals surface area contributed by atoms with Crippen LogP contribution < -0.4 is 5.32 Å². The fraction of sp³-hybridized carbons (Fsp3) is 0.167. The van der Waals surface area contributed by atoms with E-state index in [0.717, 1.165) is 4.88 Å². The molecular weight excluding hydrogens is 150 g/mol. The number of carboxylic acid groups (broad SMARTS) is 1. The van der Waals surface area contributed by atoms with E-state index in [1.165, 1.54) is 11.3 Å². The summed E-state index contributed by atoms with van der Waals surface area (Å²) in [4.78, 5) is 11.2. The Balaban J connectivity index is 2.67. The third kappa shape index (κ3) is 1.73. The Morgan fingerprint density at radius 1 is 1.80 bits per heavy atom. The van der Waals surface area contributed by atoms with Gasteiger partial charge in [-0.1, -0.05) is 0 Å². The van der Waals surface area contributed by atoms with Gasteiger partial charge in [-0.15, -0.1) is 11.3 Å². The van der Waals surface area contributed by atoms with Crippen LogP contribution >= 0.6 is 11.3 Å². The molecule has 4 heteroatoms. The Kier molecular flexibility index (Phi) is 1.91. The van der Waals surface area contributed by atoms with Gasteiger partial charge >= 0.3 is 6.09 Å². The van der Waals surface area contributed by atoms with E-state index in [0.29, 0.717) is 5.69 Å². The van der Waals surface area contributed by atoms with E-state index in [-0.39, 0.29) is 0 Å². The van der Waals surface area contributed by atoms with Crippen molar-refractivity contribution < 1.29 is 9.90 Å². The minimum absolute atomic E-state index is 0.648. The SMILES string of the molecule is Cc1cc(NC(=O)O)cs1. The van der Waals surface area contributed by atoms with Crippen molar-refractivity contribution in [3.05, 3.63) is 16.3 Å². The summed E-state index contributed by atoms with van der Waals surface area (Å²) >= 11 is 1.52. The van der Waals surface area contributed by atoms with Crippen LogP contribution in [0.15, 0.2) is 11.4 Å². The van der Waals surface area contributed by atoms with Crippen LogP contribution in [0.4, 0.5) is 10.5 Å². The van der Waals surface area contributed by atoms with Crippen molar-refractivity contribution in [1.29, 1.82) is 0 Å². The zero-order valence-corrected chi connectivity index (χ0v) is 6.23. The number of carbonyl (C=O) groups is 1.